The summed E-state index contributed by atoms with van der Waals surface area (Å²) in [5, 5.41) is 9.40. The number of rotatable bonds is 5. The van der Waals surface area contributed by atoms with Crippen LogP contribution in [-0.2, 0) is 6.54 Å². The minimum absolute atomic E-state index is 0.0431. The number of nitrogens with zero attached hydrogens (tertiary/aromatic N) is 4. The number of hydrogen-bond acceptors (Lipinski definition) is 4. The standard InChI is InChI=1S/C19H23N5OS/c1-13-10-14(2)24(22-13)18-8-7-16(11-20-18)12-21-19(25)23(4)15(3)17-6-5-9-26-17/h5-11,15H,12H2,1-4H3,(H,21,25). The third kappa shape index (κ3) is 3.94. The molecule has 0 fully saturated rings. The van der Waals surface area contributed by atoms with Crippen molar-refractivity contribution in [2.75, 3.05) is 7.05 Å². The first-order valence-electron chi connectivity index (χ1n) is 8.48. The number of carbonyl (C=O) groups excluding carboxylic acids is 1. The zero-order valence-electron chi connectivity index (χ0n) is 15.4. The highest BCUT2D eigenvalue weighted by Gasteiger charge is 2.17. The molecule has 3 aromatic rings. The maximum absolute atomic E-state index is 12.4. The summed E-state index contributed by atoms with van der Waals surface area (Å²) in [5.41, 5.74) is 2.95. The van der Waals surface area contributed by atoms with E-state index in [1.165, 1.54) is 4.88 Å². The second-order valence-corrected chi connectivity index (χ2v) is 7.30. The van der Waals surface area contributed by atoms with Crippen LogP contribution in [0.2, 0.25) is 0 Å². The fourth-order valence-corrected chi connectivity index (χ4v) is 3.53. The summed E-state index contributed by atoms with van der Waals surface area (Å²) in [5.74, 6) is 0.772. The maximum Gasteiger partial charge on any atom is 0.317 e. The number of aryl methyl sites for hydroxylation is 2. The SMILES string of the molecule is Cc1cc(C)n(-c2ccc(CNC(=O)N(C)C(C)c3cccs3)cn2)n1. The predicted molar refractivity (Wildman–Crippen MR) is 104 cm³/mol. The second-order valence-electron chi connectivity index (χ2n) is 6.32. The van der Waals surface area contributed by atoms with E-state index >= 15 is 0 Å². The van der Waals surface area contributed by atoms with Crippen molar-refractivity contribution in [3.8, 4) is 5.82 Å². The van der Waals surface area contributed by atoms with Gasteiger partial charge in [-0.1, -0.05) is 12.1 Å². The molecule has 1 unspecified atom stereocenters. The van der Waals surface area contributed by atoms with Gasteiger partial charge in [0.25, 0.3) is 0 Å². The number of nitrogens with one attached hydrogen (secondary N) is 1. The van der Waals surface area contributed by atoms with Crippen LogP contribution in [0.25, 0.3) is 5.82 Å². The summed E-state index contributed by atoms with van der Waals surface area (Å²) in [6.07, 6.45) is 1.77. The summed E-state index contributed by atoms with van der Waals surface area (Å²) in [7, 11) is 1.81. The molecular formula is C19H23N5OS. The van der Waals surface area contributed by atoms with Gasteiger partial charge < -0.3 is 10.2 Å². The van der Waals surface area contributed by atoms with E-state index in [-0.39, 0.29) is 12.1 Å². The molecule has 0 bridgehead atoms. The van der Waals surface area contributed by atoms with E-state index in [0.717, 1.165) is 22.8 Å². The highest BCUT2D eigenvalue weighted by atomic mass is 32.1. The minimum Gasteiger partial charge on any atom is -0.334 e. The molecular weight excluding hydrogens is 346 g/mol. The number of thiophene rings is 1. The van der Waals surface area contributed by atoms with Crippen molar-refractivity contribution in [2.45, 2.75) is 33.4 Å². The molecule has 3 aromatic heterocycles. The topological polar surface area (TPSA) is 63.1 Å². The monoisotopic (exact) mass is 369 g/mol. The lowest BCUT2D eigenvalue weighted by atomic mass is 10.2. The van der Waals surface area contributed by atoms with E-state index in [2.05, 4.69) is 15.4 Å². The summed E-state index contributed by atoms with van der Waals surface area (Å²) >= 11 is 1.65. The molecule has 0 aliphatic carbocycles. The average molecular weight is 369 g/mol. The van der Waals surface area contributed by atoms with Crippen molar-refractivity contribution in [1.82, 2.24) is 25.0 Å². The van der Waals surface area contributed by atoms with Gasteiger partial charge in [0.1, 0.15) is 0 Å². The largest absolute Gasteiger partial charge is 0.334 e. The van der Waals surface area contributed by atoms with Gasteiger partial charge in [0.15, 0.2) is 5.82 Å². The Labute approximate surface area is 157 Å². The summed E-state index contributed by atoms with van der Waals surface area (Å²) in [6, 6.07) is 9.87. The molecule has 0 saturated heterocycles. The normalized spacial score (nSPS) is 12.0. The van der Waals surface area contributed by atoms with Crippen LogP contribution in [0.5, 0.6) is 0 Å². The highest BCUT2D eigenvalue weighted by Crippen LogP contribution is 2.23. The van der Waals surface area contributed by atoms with Gasteiger partial charge in [-0.3, -0.25) is 0 Å². The van der Waals surface area contributed by atoms with Gasteiger partial charge in [0, 0.05) is 30.4 Å². The molecule has 0 spiro atoms. The number of amides is 2. The van der Waals surface area contributed by atoms with Crippen LogP contribution in [0.15, 0.2) is 41.9 Å². The average Bonchev–Trinajstić information content (AvgIpc) is 3.28. The van der Waals surface area contributed by atoms with Crippen LogP contribution in [0.1, 0.15) is 34.8 Å². The number of carbonyl (C=O) groups is 1. The zero-order chi connectivity index (χ0) is 18.7. The molecule has 6 nitrogen and oxygen atoms in total. The molecule has 1 atom stereocenters. The van der Waals surface area contributed by atoms with E-state index < -0.39 is 0 Å². The van der Waals surface area contributed by atoms with E-state index in [1.54, 1.807) is 22.4 Å². The van der Waals surface area contributed by atoms with Crippen LogP contribution in [-0.4, -0.2) is 32.7 Å². The Kier molecular flexibility index (Phi) is 5.37. The molecule has 136 valence electrons. The Morgan fingerprint density at radius 1 is 1.35 bits per heavy atom. The van der Waals surface area contributed by atoms with Gasteiger partial charge in [-0.25, -0.2) is 14.5 Å². The smallest absolute Gasteiger partial charge is 0.317 e. The Morgan fingerprint density at radius 3 is 2.73 bits per heavy atom. The van der Waals surface area contributed by atoms with Gasteiger partial charge in [-0.2, -0.15) is 5.10 Å². The van der Waals surface area contributed by atoms with Crippen LogP contribution >= 0.6 is 11.3 Å². The molecule has 0 saturated carbocycles. The molecule has 2 amide bonds. The second kappa shape index (κ2) is 7.70. The first-order valence-corrected chi connectivity index (χ1v) is 9.36. The highest BCUT2D eigenvalue weighted by molar-refractivity contribution is 7.10. The van der Waals surface area contributed by atoms with Crippen molar-refractivity contribution in [1.29, 1.82) is 0 Å². The van der Waals surface area contributed by atoms with Crippen LogP contribution in [0, 0.1) is 13.8 Å². The summed E-state index contributed by atoms with van der Waals surface area (Å²) in [6.45, 7) is 6.42. The number of urea groups is 1. The van der Waals surface area contributed by atoms with Crippen molar-refractivity contribution < 1.29 is 4.79 Å². The first kappa shape index (κ1) is 18.1. The fraction of sp³-hybridized carbons (Fsp3) is 0.316. The zero-order valence-corrected chi connectivity index (χ0v) is 16.2. The predicted octanol–water partition coefficient (Wildman–Crippen LogP) is 3.85. The van der Waals surface area contributed by atoms with Gasteiger partial charge in [-0.15, -0.1) is 11.3 Å². The maximum atomic E-state index is 12.4. The Balaban J connectivity index is 1.59. The Morgan fingerprint density at radius 2 is 2.15 bits per heavy atom. The van der Waals surface area contributed by atoms with E-state index in [9.17, 15) is 4.79 Å². The van der Waals surface area contributed by atoms with Crippen molar-refractivity contribution in [3.05, 3.63) is 63.7 Å². The number of pyridine rings is 1. The van der Waals surface area contributed by atoms with Gasteiger partial charge in [-0.05, 0) is 49.9 Å². The van der Waals surface area contributed by atoms with Gasteiger partial charge >= 0.3 is 6.03 Å². The van der Waals surface area contributed by atoms with Crippen molar-refractivity contribution in [3.63, 3.8) is 0 Å². The molecule has 0 aromatic carbocycles. The van der Waals surface area contributed by atoms with Crippen LogP contribution < -0.4 is 5.32 Å². The quantitative estimate of drug-likeness (QED) is 0.743. The van der Waals surface area contributed by atoms with E-state index in [1.807, 2.05) is 68.2 Å². The lowest BCUT2D eigenvalue weighted by molar-refractivity contribution is 0.194. The van der Waals surface area contributed by atoms with Crippen LogP contribution in [0.3, 0.4) is 0 Å². The third-order valence-corrected chi connectivity index (χ3v) is 5.38. The number of hydrogen-bond donors (Lipinski definition) is 1. The molecule has 0 aliphatic rings. The first-order chi connectivity index (χ1) is 12.5. The van der Waals surface area contributed by atoms with E-state index in [4.69, 9.17) is 0 Å². The summed E-state index contributed by atoms with van der Waals surface area (Å²) in [4.78, 5) is 19.7. The van der Waals surface area contributed by atoms with Crippen LogP contribution in [0.4, 0.5) is 4.79 Å². The molecule has 0 aliphatic heterocycles. The molecule has 3 heterocycles. The van der Waals surface area contributed by atoms with Gasteiger partial charge in [0.2, 0.25) is 0 Å². The lowest BCUT2D eigenvalue weighted by Gasteiger charge is -2.24. The number of aromatic nitrogens is 3. The Bertz CT molecular complexity index is 870. The third-order valence-electron chi connectivity index (χ3n) is 4.34. The lowest BCUT2D eigenvalue weighted by Crippen LogP contribution is -2.38. The fourth-order valence-electron chi connectivity index (χ4n) is 2.71. The van der Waals surface area contributed by atoms with Crippen molar-refractivity contribution in [2.24, 2.45) is 0 Å². The summed E-state index contributed by atoms with van der Waals surface area (Å²) < 4.78 is 1.81. The molecule has 0 radical (unpaired) electrons. The molecule has 1 N–H and O–H groups in total. The molecule has 7 heteroatoms. The molecule has 3 rings (SSSR count). The Hall–Kier alpha value is -2.67. The van der Waals surface area contributed by atoms with E-state index in [0.29, 0.717) is 6.54 Å². The molecule has 26 heavy (non-hydrogen) atoms. The minimum atomic E-state index is -0.103. The van der Waals surface area contributed by atoms with Gasteiger partial charge in [0.05, 0.1) is 11.7 Å². The van der Waals surface area contributed by atoms with Crippen molar-refractivity contribution >= 4 is 17.4 Å².